The lowest BCUT2D eigenvalue weighted by Gasteiger charge is -2.34. The SMILES string of the molecule is C#CCOc1ccc(C2Nc3ccccc3NC3=C2C(=O)CC(C)(C)C3)cc1OC. The number of nitrogens with one attached hydrogen (secondary N) is 2. The second kappa shape index (κ2) is 7.79. The van der Waals surface area contributed by atoms with E-state index in [0.717, 1.165) is 34.6 Å². The molecule has 1 aliphatic heterocycles. The molecule has 30 heavy (non-hydrogen) atoms. The first-order valence-corrected chi connectivity index (χ1v) is 10.0. The van der Waals surface area contributed by atoms with Gasteiger partial charge in [-0.2, -0.15) is 0 Å². The second-order valence-corrected chi connectivity index (χ2v) is 8.48. The summed E-state index contributed by atoms with van der Waals surface area (Å²) < 4.78 is 11.1. The van der Waals surface area contributed by atoms with Crippen LogP contribution in [-0.2, 0) is 4.79 Å². The van der Waals surface area contributed by atoms with Crippen LogP contribution in [0.3, 0.4) is 0 Å². The van der Waals surface area contributed by atoms with Gasteiger partial charge >= 0.3 is 0 Å². The number of para-hydroxylation sites is 2. The quantitative estimate of drug-likeness (QED) is 0.710. The third kappa shape index (κ3) is 3.73. The minimum absolute atomic E-state index is 0.0860. The molecule has 1 heterocycles. The summed E-state index contributed by atoms with van der Waals surface area (Å²) in [6.45, 7) is 4.43. The lowest BCUT2D eigenvalue weighted by Crippen LogP contribution is -2.31. The fourth-order valence-corrected chi connectivity index (χ4v) is 4.24. The number of rotatable bonds is 4. The third-order valence-electron chi connectivity index (χ3n) is 5.55. The Hall–Kier alpha value is -3.39. The monoisotopic (exact) mass is 402 g/mol. The van der Waals surface area contributed by atoms with E-state index in [1.165, 1.54) is 0 Å². The van der Waals surface area contributed by atoms with E-state index in [0.29, 0.717) is 17.9 Å². The van der Waals surface area contributed by atoms with Crippen LogP contribution in [0, 0.1) is 17.8 Å². The molecule has 0 amide bonds. The molecule has 2 N–H and O–H groups in total. The van der Waals surface area contributed by atoms with Crippen LogP contribution in [0.5, 0.6) is 11.5 Å². The molecule has 154 valence electrons. The van der Waals surface area contributed by atoms with Crippen molar-refractivity contribution in [3.8, 4) is 23.8 Å². The van der Waals surface area contributed by atoms with Crippen molar-refractivity contribution >= 4 is 17.2 Å². The molecule has 0 saturated carbocycles. The van der Waals surface area contributed by atoms with Gasteiger partial charge in [0.25, 0.3) is 0 Å². The molecule has 0 aromatic heterocycles. The molecule has 0 fully saturated rings. The summed E-state index contributed by atoms with van der Waals surface area (Å²) in [6, 6.07) is 13.4. The van der Waals surface area contributed by atoms with Gasteiger partial charge in [0, 0.05) is 17.7 Å². The topological polar surface area (TPSA) is 59.6 Å². The predicted molar refractivity (Wildman–Crippen MR) is 119 cm³/mol. The number of Topliss-reactive ketones (excluding diaryl/α,β-unsaturated/α-hetero) is 1. The number of hydrogen-bond donors (Lipinski definition) is 2. The van der Waals surface area contributed by atoms with E-state index < -0.39 is 0 Å². The van der Waals surface area contributed by atoms with Gasteiger partial charge in [-0.25, -0.2) is 0 Å². The third-order valence-corrected chi connectivity index (χ3v) is 5.55. The van der Waals surface area contributed by atoms with Crippen molar-refractivity contribution in [2.45, 2.75) is 32.7 Å². The highest BCUT2D eigenvalue weighted by atomic mass is 16.5. The maximum absolute atomic E-state index is 13.3. The van der Waals surface area contributed by atoms with Gasteiger partial charge in [0.2, 0.25) is 0 Å². The van der Waals surface area contributed by atoms with Crippen molar-refractivity contribution in [3.05, 3.63) is 59.3 Å². The Bertz CT molecular complexity index is 1060. The number of carbonyl (C=O) groups is 1. The molecule has 1 aliphatic carbocycles. The summed E-state index contributed by atoms with van der Waals surface area (Å²) in [7, 11) is 1.60. The van der Waals surface area contributed by atoms with Crippen LogP contribution < -0.4 is 20.1 Å². The summed E-state index contributed by atoms with van der Waals surface area (Å²) in [4.78, 5) is 13.3. The Morgan fingerprint density at radius 2 is 1.90 bits per heavy atom. The summed E-state index contributed by atoms with van der Waals surface area (Å²) >= 11 is 0. The summed E-state index contributed by atoms with van der Waals surface area (Å²) in [6.07, 6.45) is 6.63. The van der Waals surface area contributed by atoms with E-state index in [1.807, 2.05) is 42.5 Å². The van der Waals surface area contributed by atoms with Crippen LogP contribution in [-0.4, -0.2) is 19.5 Å². The molecule has 2 aromatic carbocycles. The van der Waals surface area contributed by atoms with Crippen LogP contribution in [0.25, 0.3) is 0 Å². The van der Waals surface area contributed by atoms with Gasteiger partial charge < -0.3 is 20.1 Å². The molecule has 0 radical (unpaired) electrons. The zero-order valence-corrected chi connectivity index (χ0v) is 17.5. The smallest absolute Gasteiger partial charge is 0.163 e. The van der Waals surface area contributed by atoms with Gasteiger partial charge in [-0.1, -0.05) is 38.0 Å². The van der Waals surface area contributed by atoms with Crippen LogP contribution >= 0.6 is 0 Å². The van der Waals surface area contributed by atoms with Gasteiger partial charge in [-0.05, 0) is 41.7 Å². The van der Waals surface area contributed by atoms with Gasteiger partial charge in [0.15, 0.2) is 17.3 Å². The van der Waals surface area contributed by atoms with Gasteiger partial charge in [-0.3, -0.25) is 4.79 Å². The summed E-state index contributed by atoms with van der Waals surface area (Å²) in [5.74, 6) is 3.79. The van der Waals surface area contributed by atoms with Crippen LogP contribution in [0.4, 0.5) is 11.4 Å². The van der Waals surface area contributed by atoms with E-state index in [-0.39, 0.29) is 23.8 Å². The maximum atomic E-state index is 13.3. The Labute approximate surface area is 177 Å². The maximum Gasteiger partial charge on any atom is 0.163 e. The predicted octanol–water partition coefficient (Wildman–Crippen LogP) is 4.93. The number of ketones is 1. The number of carbonyl (C=O) groups excluding carboxylic acids is 1. The van der Waals surface area contributed by atoms with E-state index in [2.05, 4.69) is 30.4 Å². The lowest BCUT2D eigenvalue weighted by molar-refractivity contribution is -0.118. The highest BCUT2D eigenvalue weighted by Crippen LogP contribution is 2.46. The number of terminal acetylenes is 1. The number of fused-ring (bicyclic) bond motifs is 1. The first-order valence-electron chi connectivity index (χ1n) is 10.0. The van der Waals surface area contributed by atoms with Crippen molar-refractivity contribution in [1.82, 2.24) is 0 Å². The van der Waals surface area contributed by atoms with E-state index in [1.54, 1.807) is 7.11 Å². The Kier molecular flexibility index (Phi) is 5.17. The Morgan fingerprint density at radius 3 is 2.63 bits per heavy atom. The molecule has 4 rings (SSSR count). The first kappa shape index (κ1) is 19.9. The minimum atomic E-state index is -0.296. The van der Waals surface area contributed by atoms with Crippen LogP contribution in [0.2, 0.25) is 0 Å². The fourth-order valence-electron chi connectivity index (χ4n) is 4.24. The summed E-state index contributed by atoms with van der Waals surface area (Å²) in [5.41, 5.74) is 4.53. The number of ether oxygens (including phenoxy) is 2. The average Bonchev–Trinajstić information content (AvgIpc) is 2.87. The molecule has 2 aliphatic rings. The van der Waals surface area contributed by atoms with Gasteiger partial charge in [0.1, 0.15) is 6.61 Å². The fraction of sp³-hybridized carbons (Fsp3) is 0.320. The molecular formula is C25H26N2O3. The first-order chi connectivity index (χ1) is 14.4. The molecule has 2 aromatic rings. The lowest BCUT2D eigenvalue weighted by atomic mass is 9.73. The Balaban J connectivity index is 1.83. The van der Waals surface area contributed by atoms with E-state index in [9.17, 15) is 4.79 Å². The largest absolute Gasteiger partial charge is 0.493 e. The molecular weight excluding hydrogens is 376 g/mol. The molecule has 0 spiro atoms. The molecule has 1 unspecified atom stereocenters. The number of anilines is 2. The number of methoxy groups -OCH3 is 1. The van der Waals surface area contributed by atoms with Crippen molar-refractivity contribution in [3.63, 3.8) is 0 Å². The van der Waals surface area contributed by atoms with Crippen molar-refractivity contribution in [2.24, 2.45) is 5.41 Å². The zero-order chi connectivity index (χ0) is 21.3. The normalized spacial score (nSPS) is 19.4. The number of benzene rings is 2. The zero-order valence-electron chi connectivity index (χ0n) is 17.5. The molecule has 5 nitrogen and oxygen atoms in total. The minimum Gasteiger partial charge on any atom is -0.493 e. The number of allylic oxidation sites excluding steroid dienone is 1. The Morgan fingerprint density at radius 1 is 1.13 bits per heavy atom. The molecule has 5 heteroatoms. The van der Waals surface area contributed by atoms with Crippen molar-refractivity contribution in [2.75, 3.05) is 24.4 Å². The van der Waals surface area contributed by atoms with Gasteiger partial charge in [-0.15, -0.1) is 6.42 Å². The van der Waals surface area contributed by atoms with Crippen molar-refractivity contribution < 1.29 is 14.3 Å². The molecule has 0 bridgehead atoms. The number of hydrogen-bond acceptors (Lipinski definition) is 5. The molecule has 0 saturated heterocycles. The average molecular weight is 402 g/mol. The van der Waals surface area contributed by atoms with Gasteiger partial charge in [0.05, 0.1) is 24.5 Å². The molecule has 1 atom stereocenters. The standard InChI is InChI=1S/C25H26N2O3/c1-5-12-30-21-11-10-16(13-22(21)29-4)24-23-19(14-25(2,3)15-20(23)28)26-17-8-6-7-9-18(17)27-24/h1,6-11,13,24,26-27H,12,14-15H2,2-4H3. The van der Waals surface area contributed by atoms with E-state index in [4.69, 9.17) is 15.9 Å². The highest BCUT2D eigenvalue weighted by Gasteiger charge is 2.38. The van der Waals surface area contributed by atoms with E-state index >= 15 is 0 Å². The second-order valence-electron chi connectivity index (χ2n) is 8.48. The summed E-state index contributed by atoms with van der Waals surface area (Å²) in [5, 5.41) is 7.11. The highest BCUT2D eigenvalue weighted by molar-refractivity contribution is 6.01. The van der Waals surface area contributed by atoms with Crippen LogP contribution in [0.1, 0.15) is 38.3 Å². The van der Waals surface area contributed by atoms with Crippen molar-refractivity contribution in [1.29, 1.82) is 0 Å². The van der Waals surface area contributed by atoms with Crippen LogP contribution in [0.15, 0.2) is 53.7 Å².